The number of likely N-dealkylation sites (tertiary alicyclic amines) is 1. The van der Waals surface area contributed by atoms with E-state index in [-0.39, 0.29) is 11.9 Å². The Labute approximate surface area is 147 Å². The third kappa shape index (κ3) is 4.65. The van der Waals surface area contributed by atoms with E-state index in [9.17, 15) is 4.79 Å². The summed E-state index contributed by atoms with van der Waals surface area (Å²) in [5.41, 5.74) is 0.892. The highest BCUT2D eigenvalue weighted by Crippen LogP contribution is 2.18. The van der Waals surface area contributed by atoms with Crippen molar-refractivity contribution in [3.8, 4) is 0 Å². The van der Waals surface area contributed by atoms with Gasteiger partial charge in [-0.25, -0.2) is 0 Å². The van der Waals surface area contributed by atoms with E-state index in [0.717, 1.165) is 43.8 Å². The minimum Gasteiger partial charge on any atom is -0.459 e. The van der Waals surface area contributed by atoms with Crippen molar-refractivity contribution >= 4 is 17.7 Å². The van der Waals surface area contributed by atoms with Crippen molar-refractivity contribution < 1.29 is 9.21 Å². The SMILES string of the molecule is Cc1ccoc1C(=O)NC1CCN(CCSc2ccccc2)CC1. The Hall–Kier alpha value is -1.72. The summed E-state index contributed by atoms with van der Waals surface area (Å²) in [7, 11) is 0. The van der Waals surface area contributed by atoms with Gasteiger partial charge >= 0.3 is 0 Å². The Morgan fingerprint density at radius 2 is 2.00 bits per heavy atom. The number of nitrogens with one attached hydrogen (secondary N) is 1. The average Bonchev–Trinajstić information content (AvgIpc) is 3.04. The van der Waals surface area contributed by atoms with Crippen molar-refractivity contribution in [3.63, 3.8) is 0 Å². The highest BCUT2D eigenvalue weighted by atomic mass is 32.2. The van der Waals surface area contributed by atoms with E-state index >= 15 is 0 Å². The van der Waals surface area contributed by atoms with Crippen molar-refractivity contribution in [2.75, 3.05) is 25.4 Å². The summed E-state index contributed by atoms with van der Waals surface area (Å²) in [5.74, 6) is 1.46. The molecule has 0 bridgehead atoms. The van der Waals surface area contributed by atoms with E-state index in [2.05, 4.69) is 34.5 Å². The molecule has 24 heavy (non-hydrogen) atoms. The fraction of sp³-hybridized carbons (Fsp3) is 0.421. The molecule has 128 valence electrons. The summed E-state index contributed by atoms with van der Waals surface area (Å²) >= 11 is 1.90. The van der Waals surface area contributed by atoms with Gasteiger partial charge in [0, 0.05) is 41.9 Å². The van der Waals surface area contributed by atoms with Crippen molar-refractivity contribution in [1.82, 2.24) is 10.2 Å². The molecule has 0 spiro atoms. The van der Waals surface area contributed by atoms with Crippen LogP contribution in [0.15, 0.2) is 52.0 Å². The van der Waals surface area contributed by atoms with Crippen LogP contribution in [-0.2, 0) is 0 Å². The van der Waals surface area contributed by atoms with Gasteiger partial charge < -0.3 is 14.6 Å². The van der Waals surface area contributed by atoms with Crippen LogP contribution in [0.5, 0.6) is 0 Å². The lowest BCUT2D eigenvalue weighted by atomic mass is 10.0. The molecule has 1 aromatic carbocycles. The maximum Gasteiger partial charge on any atom is 0.287 e. The average molecular weight is 344 g/mol. The monoisotopic (exact) mass is 344 g/mol. The zero-order valence-electron chi connectivity index (χ0n) is 14.0. The number of hydrogen-bond acceptors (Lipinski definition) is 4. The van der Waals surface area contributed by atoms with E-state index < -0.39 is 0 Å². The maximum absolute atomic E-state index is 12.2. The number of nitrogens with zero attached hydrogens (tertiary/aromatic N) is 1. The summed E-state index contributed by atoms with van der Waals surface area (Å²) in [6.45, 7) is 5.07. The quantitative estimate of drug-likeness (QED) is 0.814. The highest BCUT2D eigenvalue weighted by molar-refractivity contribution is 7.99. The van der Waals surface area contributed by atoms with Gasteiger partial charge in [-0.3, -0.25) is 4.79 Å². The zero-order valence-corrected chi connectivity index (χ0v) is 14.8. The molecular weight excluding hydrogens is 320 g/mol. The first-order chi connectivity index (χ1) is 11.7. The number of rotatable bonds is 6. The Morgan fingerprint density at radius 1 is 1.25 bits per heavy atom. The molecule has 1 aromatic heterocycles. The van der Waals surface area contributed by atoms with Crippen LogP contribution in [0.4, 0.5) is 0 Å². The van der Waals surface area contributed by atoms with Gasteiger partial charge in [-0.15, -0.1) is 11.8 Å². The predicted octanol–water partition coefficient (Wildman–Crippen LogP) is 3.57. The minimum atomic E-state index is -0.0874. The van der Waals surface area contributed by atoms with E-state index in [1.807, 2.05) is 30.8 Å². The van der Waals surface area contributed by atoms with Crippen LogP contribution in [-0.4, -0.2) is 42.2 Å². The normalized spacial score (nSPS) is 16.2. The summed E-state index contributed by atoms with van der Waals surface area (Å²) < 4.78 is 5.26. The molecule has 1 amide bonds. The number of thioether (sulfide) groups is 1. The van der Waals surface area contributed by atoms with E-state index in [1.54, 1.807) is 6.26 Å². The fourth-order valence-electron chi connectivity index (χ4n) is 2.97. The zero-order chi connectivity index (χ0) is 16.8. The molecule has 0 unspecified atom stereocenters. The number of benzene rings is 1. The molecule has 1 aliphatic heterocycles. The van der Waals surface area contributed by atoms with Crippen molar-refractivity contribution in [1.29, 1.82) is 0 Å². The second-order valence-electron chi connectivity index (χ2n) is 6.18. The molecule has 1 fully saturated rings. The molecule has 2 heterocycles. The number of amides is 1. The van der Waals surface area contributed by atoms with Gasteiger partial charge in [-0.05, 0) is 38.0 Å². The number of aryl methyl sites for hydroxylation is 1. The molecular formula is C19H24N2O2S. The number of carbonyl (C=O) groups excluding carboxylic acids is 1. The van der Waals surface area contributed by atoms with Crippen LogP contribution in [0, 0.1) is 6.92 Å². The molecule has 3 rings (SSSR count). The van der Waals surface area contributed by atoms with Crippen LogP contribution in [0.1, 0.15) is 29.0 Å². The second kappa shape index (κ2) is 8.40. The van der Waals surface area contributed by atoms with Crippen LogP contribution in [0.2, 0.25) is 0 Å². The van der Waals surface area contributed by atoms with Gasteiger partial charge in [0.25, 0.3) is 5.91 Å². The van der Waals surface area contributed by atoms with Crippen molar-refractivity contribution in [2.24, 2.45) is 0 Å². The molecule has 0 radical (unpaired) electrons. The summed E-state index contributed by atoms with van der Waals surface area (Å²) in [6, 6.07) is 12.6. The van der Waals surface area contributed by atoms with Crippen molar-refractivity contribution in [2.45, 2.75) is 30.7 Å². The first-order valence-electron chi connectivity index (χ1n) is 8.47. The molecule has 1 saturated heterocycles. The second-order valence-corrected chi connectivity index (χ2v) is 7.35. The first-order valence-corrected chi connectivity index (χ1v) is 9.46. The number of piperidine rings is 1. The van der Waals surface area contributed by atoms with Crippen LogP contribution in [0.25, 0.3) is 0 Å². The topological polar surface area (TPSA) is 45.5 Å². The smallest absolute Gasteiger partial charge is 0.287 e. The summed E-state index contributed by atoms with van der Waals surface area (Å²) in [4.78, 5) is 16.0. The lowest BCUT2D eigenvalue weighted by Crippen LogP contribution is -2.45. The van der Waals surface area contributed by atoms with Gasteiger partial charge in [-0.2, -0.15) is 0 Å². The summed E-state index contributed by atoms with van der Waals surface area (Å²) in [5, 5.41) is 3.10. The molecule has 5 heteroatoms. The lowest BCUT2D eigenvalue weighted by molar-refractivity contribution is 0.0884. The predicted molar refractivity (Wildman–Crippen MR) is 97.5 cm³/mol. The highest BCUT2D eigenvalue weighted by Gasteiger charge is 2.22. The van der Waals surface area contributed by atoms with Gasteiger partial charge in [0.2, 0.25) is 0 Å². The largest absolute Gasteiger partial charge is 0.459 e. The molecule has 2 aromatic rings. The number of furan rings is 1. The van der Waals surface area contributed by atoms with Crippen molar-refractivity contribution in [3.05, 3.63) is 54.0 Å². The van der Waals surface area contributed by atoms with E-state index in [1.165, 1.54) is 4.90 Å². The third-order valence-corrected chi connectivity index (χ3v) is 5.40. The molecule has 0 atom stereocenters. The Morgan fingerprint density at radius 3 is 2.67 bits per heavy atom. The van der Waals surface area contributed by atoms with Gasteiger partial charge in [0.1, 0.15) is 0 Å². The van der Waals surface area contributed by atoms with E-state index in [0.29, 0.717) is 5.76 Å². The molecule has 0 saturated carbocycles. The third-order valence-electron chi connectivity index (χ3n) is 4.41. The van der Waals surface area contributed by atoms with Gasteiger partial charge in [0.05, 0.1) is 6.26 Å². The van der Waals surface area contributed by atoms with E-state index in [4.69, 9.17) is 4.42 Å². The Bertz CT molecular complexity index is 648. The van der Waals surface area contributed by atoms with Crippen LogP contribution < -0.4 is 5.32 Å². The lowest BCUT2D eigenvalue weighted by Gasteiger charge is -2.32. The minimum absolute atomic E-state index is 0.0874. The van der Waals surface area contributed by atoms with Crippen LogP contribution >= 0.6 is 11.8 Å². The Kier molecular flexibility index (Phi) is 5.99. The number of carbonyl (C=O) groups is 1. The molecule has 4 nitrogen and oxygen atoms in total. The van der Waals surface area contributed by atoms with Gasteiger partial charge in [0.15, 0.2) is 5.76 Å². The van der Waals surface area contributed by atoms with Crippen LogP contribution in [0.3, 0.4) is 0 Å². The Balaban J connectivity index is 1.37. The molecule has 1 N–H and O–H groups in total. The standard InChI is InChI=1S/C19H24N2O2S/c1-15-9-13-23-18(15)19(22)20-16-7-10-21(11-8-16)12-14-24-17-5-3-2-4-6-17/h2-6,9,13,16H,7-8,10-12,14H2,1H3,(H,20,22). The molecule has 0 aliphatic carbocycles. The maximum atomic E-state index is 12.2. The summed E-state index contributed by atoms with van der Waals surface area (Å²) in [6.07, 6.45) is 3.57. The molecule has 1 aliphatic rings. The fourth-order valence-corrected chi connectivity index (χ4v) is 3.90. The van der Waals surface area contributed by atoms with Gasteiger partial charge in [-0.1, -0.05) is 18.2 Å². The first kappa shape index (κ1) is 17.1. The number of hydrogen-bond donors (Lipinski definition) is 1.